The molecule has 0 amide bonds. The molecule has 0 aliphatic carbocycles. The van der Waals surface area contributed by atoms with Gasteiger partial charge in [0.25, 0.3) is 0 Å². The average molecular weight is 479 g/mol. The Morgan fingerprint density at radius 2 is 2.06 bits per heavy atom. The Morgan fingerprint density at radius 3 is 2.71 bits per heavy atom. The van der Waals surface area contributed by atoms with Crippen molar-refractivity contribution in [2.24, 2.45) is 0 Å². The Morgan fingerprint density at radius 1 is 1.29 bits per heavy atom. The number of aromatic nitrogens is 2. The fraction of sp³-hybridized carbons (Fsp3) is 0.381. The van der Waals surface area contributed by atoms with Crippen LogP contribution in [0.3, 0.4) is 0 Å². The van der Waals surface area contributed by atoms with Crippen LogP contribution in [0.2, 0.25) is 0 Å². The minimum Gasteiger partial charge on any atom is -0.453 e. The molecule has 1 aliphatic heterocycles. The largest absolute Gasteiger partial charge is 0.453 e. The zero-order valence-corrected chi connectivity index (χ0v) is 19.8. The first-order chi connectivity index (χ1) is 14.7. The number of esters is 1. The monoisotopic (exact) mass is 478 g/mol. The second-order valence-corrected chi connectivity index (χ2v) is 11.8. The standard InChI is InChI=1S/C21H22N2O5S3/c1-12-9-16(14(3)23(12)15-6-8-31(26,27)11-15)17(24)10-28-21(25)19-13(2)22-20(30-19)18-5-4-7-29-18/h4-5,7,9,15H,6,8,10-11H2,1-3H3/t15-/m1/s1. The van der Waals surface area contributed by atoms with Gasteiger partial charge in [-0.25, -0.2) is 18.2 Å². The molecule has 3 aromatic heterocycles. The molecule has 3 aromatic rings. The Hall–Kier alpha value is -2.30. The van der Waals surface area contributed by atoms with Gasteiger partial charge in [-0.15, -0.1) is 22.7 Å². The van der Waals surface area contributed by atoms with Crippen molar-refractivity contribution < 1.29 is 22.7 Å². The van der Waals surface area contributed by atoms with Gasteiger partial charge in [0.05, 0.1) is 22.1 Å². The van der Waals surface area contributed by atoms with Crippen LogP contribution in [-0.4, -0.2) is 47.8 Å². The summed E-state index contributed by atoms with van der Waals surface area (Å²) in [6, 6.07) is 5.44. The molecule has 0 unspecified atom stereocenters. The summed E-state index contributed by atoms with van der Waals surface area (Å²) in [5, 5.41) is 2.70. The molecule has 1 atom stereocenters. The molecule has 31 heavy (non-hydrogen) atoms. The summed E-state index contributed by atoms with van der Waals surface area (Å²) in [5.41, 5.74) is 2.56. The number of ketones is 1. The summed E-state index contributed by atoms with van der Waals surface area (Å²) in [4.78, 5) is 31.1. The van der Waals surface area contributed by atoms with E-state index in [1.165, 1.54) is 11.3 Å². The molecule has 0 spiro atoms. The van der Waals surface area contributed by atoms with Crippen LogP contribution < -0.4 is 0 Å². The Labute approximate surface area is 188 Å². The molecule has 0 N–H and O–H groups in total. The molecule has 1 fully saturated rings. The zero-order valence-electron chi connectivity index (χ0n) is 17.4. The van der Waals surface area contributed by atoms with E-state index in [4.69, 9.17) is 4.74 Å². The van der Waals surface area contributed by atoms with Crippen molar-refractivity contribution in [1.29, 1.82) is 0 Å². The summed E-state index contributed by atoms with van der Waals surface area (Å²) in [6.07, 6.45) is 0.540. The van der Waals surface area contributed by atoms with Crippen molar-refractivity contribution in [1.82, 2.24) is 9.55 Å². The van der Waals surface area contributed by atoms with Gasteiger partial charge in [-0.3, -0.25) is 4.79 Å². The molecule has 1 aliphatic rings. The lowest BCUT2D eigenvalue weighted by Crippen LogP contribution is -2.17. The van der Waals surface area contributed by atoms with Crippen molar-refractivity contribution in [2.75, 3.05) is 18.1 Å². The molecule has 4 heterocycles. The molecule has 164 valence electrons. The first kappa shape index (κ1) is 21.9. The lowest BCUT2D eigenvalue weighted by Gasteiger charge is -2.16. The first-order valence-corrected chi connectivity index (χ1v) is 13.3. The second-order valence-electron chi connectivity index (χ2n) is 7.62. The summed E-state index contributed by atoms with van der Waals surface area (Å²) in [5.74, 6) is -0.628. The van der Waals surface area contributed by atoms with Gasteiger partial charge in [0.15, 0.2) is 16.4 Å². The molecule has 1 saturated heterocycles. The van der Waals surface area contributed by atoms with Crippen molar-refractivity contribution >= 4 is 44.3 Å². The smallest absolute Gasteiger partial charge is 0.350 e. The molecule has 10 heteroatoms. The molecule has 0 radical (unpaired) electrons. The maximum Gasteiger partial charge on any atom is 0.350 e. The number of hydrogen-bond acceptors (Lipinski definition) is 8. The van der Waals surface area contributed by atoms with Gasteiger partial charge < -0.3 is 9.30 Å². The number of nitrogens with zero attached hydrogens (tertiary/aromatic N) is 2. The highest BCUT2D eigenvalue weighted by Gasteiger charge is 2.32. The topological polar surface area (TPSA) is 95.3 Å². The van der Waals surface area contributed by atoms with Crippen LogP contribution in [-0.2, 0) is 14.6 Å². The van der Waals surface area contributed by atoms with Crippen LogP contribution in [0.15, 0.2) is 23.6 Å². The van der Waals surface area contributed by atoms with E-state index in [0.29, 0.717) is 28.2 Å². The third kappa shape index (κ3) is 4.37. The molecule has 0 bridgehead atoms. The molecule has 7 nitrogen and oxygen atoms in total. The zero-order chi connectivity index (χ0) is 22.3. The number of thiazole rings is 1. The molecular formula is C21H22N2O5S3. The van der Waals surface area contributed by atoms with Crippen molar-refractivity contribution in [3.63, 3.8) is 0 Å². The quantitative estimate of drug-likeness (QED) is 0.393. The number of hydrogen-bond donors (Lipinski definition) is 0. The number of thiophene rings is 1. The average Bonchev–Trinajstić information content (AvgIpc) is 3.47. The third-order valence-corrected chi connectivity index (χ3v) is 9.33. The van der Waals surface area contributed by atoms with E-state index in [9.17, 15) is 18.0 Å². The van der Waals surface area contributed by atoms with Crippen LogP contribution in [0.4, 0.5) is 0 Å². The Balaban J connectivity index is 1.46. The van der Waals surface area contributed by atoms with Crippen molar-refractivity contribution in [3.8, 4) is 9.88 Å². The van der Waals surface area contributed by atoms with Crippen molar-refractivity contribution in [2.45, 2.75) is 33.2 Å². The normalized spacial score (nSPS) is 17.7. The number of ether oxygens (including phenoxy) is 1. The van der Waals surface area contributed by atoms with E-state index >= 15 is 0 Å². The van der Waals surface area contributed by atoms with Gasteiger partial charge in [0, 0.05) is 23.0 Å². The maximum atomic E-state index is 12.8. The number of carbonyl (C=O) groups excluding carboxylic acids is 2. The maximum absolute atomic E-state index is 12.8. The Bertz CT molecular complexity index is 1250. The molecular weight excluding hydrogens is 456 g/mol. The number of carbonyl (C=O) groups is 2. The van der Waals surface area contributed by atoms with Crippen LogP contribution >= 0.6 is 22.7 Å². The van der Waals surface area contributed by atoms with E-state index < -0.39 is 15.8 Å². The van der Waals surface area contributed by atoms with E-state index in [1.54, 1.807) is 31.3 Å². The second kappa shape index (κ2) is 8.33. The van der Waals surface area contributed by atoms with Gasteiger partial charge in [-0.1, -0.05) is 6.07 Å². The van der Waals surface area contributed by atoms with E-state index in [2.05, 4.69) is 4.98 Å². The third-order valence-electron chi connectivity index (χ3n) is 5.41. The van der Waals surface area contributed by atoms with Gasteiger partial charge in [-0.05, 0) is 44.7 Å². The predicted molar refractivity (Wildman–Crippen MR) is 121 cm³/mol. The Kier molecular flexibility index (Phi) is 5.89. The summed E-state index contributed by atoms with van der Waals surface area (Å²) in [7, 11) is -3.04. The predicted octanol–water partition coefficient (Wildman–Crippen LogP) is 4.00. The molecule has 4 rings (SSSR count). The van der Waals surface area contributed by atoms with Gasteiger partial charge in [0.1, 0.15) is 9.88 Å². The number of sulfone groups is 1. The van der Waals surface area contributed by atoms with Gasteiger partial charge in [0.2, 0.25) is 5.78 Å². The number of Topliss-reactive ketones (excluding diaryl/α,β-unsaturated/α-hetero) is 1. The highest BCUT2D eigenvalue weighted by atomic mass is 32.2. The first-order valence-electron chi connectivity index (χ1n) is 9.77. The molecule has 0 aromatic carbocycles. The minimum atomic E-state index is -3.04. The number of aryl methyl sites for hydroxylation is 2. The van der Waals surface area contributed by atoms with Crippen molar-refractivity contribution in [3.05, 3.63) is 51.1 Å². The van der Waals surface area contributed by atoms with Crippen LogP contribution in [0.1, 0.15) is 49.6 Å². The SMILES string of the molecule is Cc1nc(-c2cccs2)sc1C(=O)OCC(=O)c1cc(C)n([C@@H]2CCS(=O)(=O)C2)c1C. The van der Waals surface area contributed by atoms with E-state index in [-0.39, 0.29) is 29.9 Å². The van der Waals surface area contributed by atoms with E-state index in [1.807, 2.05) is 29.0 Å². The van der Waals surface area contributed by atoms with Crippen LogP contribution in [0.5, 0.6) is 0 Å². The lowest BCUT2D eigenvalue weighted by molar-refractivity contribution is 0.0478. The summed E-state index contributed by atoms with van der Waals surface area (Å²) >= 11 is 2.79. The van der Waals surface area contributed by atoms with Crippen LogP contribution in [0.25, 0.3) is 9.88 Å². The summed E-state index contributed by atoms with van der Waals surface area (Å²) < 4.78 is 30.9. The van der Waals surface area contributed by atoms with Gasteiger partial charge >= 0.3 is 5.97 Å². The van der Waals surface area contributed by atoms with Crippen LogP contribution in [0, 0.1) is 20.8 Å². The number of rotatable bonds is 6. The lowest BCUT2D eigenvalue weighted by atomic mass is 10.1. The van der Waals surface area contributed by atoms with E-state index in [0.717, 1.165) is 15.6 Å². The fourth-order valence-electron chi connectivity index (χ4n) is 3.97. The minimum absolute atomic E-state index is 0.0865. The summed E-state index contributed by atoms with van der Waals surface area (Å²) in [6.45, 7) is 5.02. The highest BCUT2D eigenvalue weighted by Crippen LogP contribution is 2.32. The highest BCUT2D eigenvalue weighted by molar-refractivity contribution is 7.91. The van der Waals surface area contributed by atoms with Gasteiger partial charge in [-0.2, -0.15) is 0 Å². The fourth-order valence-corrected chi connectivity index (χ4v) is 7.42. The molecule has 0 saturated carbocycles.